The number of aryl methyl sites for hydroxylation is 1. The third kappa shape index (κ3) is 4.31. The first-order valence-corrected chi connectivity index (χ1v) is 6.34. The van der Waals surface area contributed by atoms with Gasteiger partial charge in [-0.05, 0) is 17.5 Å². The van der Waals surface area contributed by atoms with E-state index in [1.807, 2.05) is 0 Å². The molecule has 2 nitrogen and oxygen atoms in total. The second-order valence-corrected chi connectivity index (χ2v) is 5.13. The number of carbonyl (C=O) groups excluding carboxylic acids is 1. The molecule has 1 aromatic rings. The minimum atomic E-state index is 0.0632. The lowest BCUT2D eigenvalue weighted by Crippen LogP contribution is -2.33. The summed E-state index contributed by atoms with van der Waals surface area (Å²) < 4.78 is 0. The van der Waals surface area contributed by atoms with Crippen molar-refractivity contribution in [2.75, 3.05) is 13.1 Å². The van der Waals surface area contributed by atoms with Gasteiger partial charge in [0.15, 0.2) is 0 Å². The zero-order valence-electron chi connectivity index (χ0n) is 11.1. The maximum absolute atomic E-state index is 10.3. The van der Waals surface area contributed by atoms with E-state index >= 15 is 0 Å². The van der Waals surface area contributed by atoms with Gasteiger partial charge in [-0.3, -0.25) is 0 Å². The van der Waals surface area contributed by atoms with Gasteiger partial charge in [0.05, 0.1) is 6.54 Å². The van der Waals surface area contributed by atoms with Crippen LogP contribution >= 0.6 is 0 Å². The van der Waals surface area contributed by atoms with Crippen molar-refractivity contribution in [1.82, 2.24) is 5.32 Å². The van der Waals surface area contributed by atoms with Crippen LogP contribution in [0.25, 0.3) is 0 Å². The number of aldehydes is 1. The second-order valence-electron chi connectivity index (χ2n) is 5.13. The molecule has 0 fully saturated rings. The number of carbonyl (C=O) groups is 1. The summed E-state index contributed by atoms with van der Waals surface area (Å²) >= 11 is 0. The molecule has 1 aromatic carbocycles. The van der Waals surface area contributed by atoms with Crippen LogP contribution in [-0.2, 0) is 16.6 Å². The fourth-order valence-corrected chi connectivity index (χ4v) is 1.96. The monoisotopic (exact) mass is 233 g/mol. The number of nitrogens with one attached hydrogen (secondary N) is 1. The Kier molecular flexibility index (Phi) is 5.36. The van der Waals surface area contributed by atoms with Crippen molar-refractivity contribution in [3.63, 3.8) is 0 Å². The van der Waals surface area contributed by atoms with Gasteiger partial charge in [0.25, 0.3) is 0 Å². The summed E-state index contributed by atoms with van der Waals surface area (Å²) in [4.78, 5) is 10.3. The Bertz CT molecular complexity index is 340. The van der Waals surface area contributed by atoms with E-state index in [-0.39, 0.29) is 5.41 Å². The van der Waals surface area contributed by atoms with Crippen LogP contribution in [0.1, 0.15) is 38.3 Å². The van der Waals surface area contributed by atoms with Crippen molar-refractivity contribution in [1.29, 1.82) is 0 Å². The summed E-state index contributed by atoms with van der Waals surface area (Å²) in [5.41, 5.74) is 2.77. The first kappa shape index (κ1) is 13.9. The highest BCUT2D eigenvalue weighted by Crippen LogP contribution is 2.22. The number of rotatable bonds is 7. The summed E-state index contributed by atoms with van der Waals surface area (Å²) in [5, 5.41) is 3.15. The van der Waals surface area contributed by atoms with Crippen LogP contribution in [-0.4, -0.2) is 19.4 Å². The fourth-order valence-electron chi connectivity index (χ4n) is 1.96. The molecule has 0 aliphatic rings. The topological polar surface area (TPSA) is 29.1 Å². The molecule has 0 atom stereocenters. The molecule has 94 valence electrons. The average Bonchev–Trinajstić information content (AvgIpc) is 2.30. The summed E-state index contributed by atoms with van der Waals surface area (Å²) in [6.07, 6.45) is 3.23. The molecule has 0 bridgehead atoms. The van der Waals surface area contributed by atoms with E-state index in [9.17, 15) is 4.79 Å². The Labute approximate surface area is 104 Å². The highest BCUT2D eigenvalue weighted by molar-refractivity contribution is 5.51. The molecule has 0 radical (unpaired) electrons. The van der Waals surface area contributed by atoms with Crippen LogP contribution in [0, 0.1) is 0 Å². The molecule has 0 saturated heterocycles. The van der Waals surface area contributed by atoms with E-state index in [2.05, 4.69) is 50.4 Å². The van der Waals surface area contributed by atoms with Crippen LogP contribution in [0.4, 0.5) is 0 Å². The Balaban J connectivity index is 2.66. The van der Waals surface area contributed by atoms with Gasteiger partial charge >= 0.3 is 0 Å². The number of benzene rings is 1. The van der Waals surface area contributed by atoms with E-state index in [1.165, 1.54) is 17.5 Å². The fraction of sp³-hybridized carbons (Fsp3) is 0.533. The predicted molar refractivity (Wildman–Crippen MR) is 72.4 cm³/mol. The first-order chi connectivity index (χ1) is 8.10. The van der Waals surface area contributed by atoms with Crippen molar-refractivity contribution in [3.05, 3.63) is 35.4 Å². The van der Waals surface area contributed by atoms with Crippen molar-refractivity contribution in [2.45, 2.75) is 39.0 Å². The van der Waals surface area contributed by atoms with E-state index in [0.29, 0.717) is 6.54 Å². The van der Waals surface area contributed by atoms with Crippen molar-refractivity contribution in [2.24, 2.45) is 0 Å². The predicted octanol–water partition coefficient (Wildman–Crippen LogP) is 2.71. The molecular weight excluding hydrogens is 210 g/mol. The van der Waals surface area contributed by atoms with E-state index in [1.54, 1.807) is 0 Å². The van der Waals surface area contributed by atoms with Gasteiger partial charge in [0.1, 0.15) is 6.29 Å². The van der Waals surface area contributed by atoms with Crippen molar-refractivity contribution >= 4 is 6.29 Å². The smallest absolute Gasteiger partial charge is 0.133 e. The van der Waals surface area contributed by atoms with Gasteiger partial charge in [-0.25, -0.2) is 0 Å². The van der Waals surface area contributed by atoms with E-state index < -0.39 is 0 Å². The molecule has 0 unspecified atom stereocenters. The van der Waals surface area contributed by atoms with Crippen LogP contribution in [0.3, 0.4) is 0 Å². The average molecular weight is 233 g/mol. The van der Waals surface area contributed by atoms with Gasteiger partial charge in [0, 0.05) is 12.0 Å². The number of hydrogen-bond donors (Lipinski definition) is 1. The standard InChI is InChI=1S/C15H23NO/c1-4-5-13-6-8-14(9-7-13)15(2,3)12-16-10-11-17/h6-9,11,16H,4-5,10,12H2,1-3H3. The summed E-state index contributed by atoms with van der Waals surface area (Å²) in [7, 11) is 0. The zero-order valence-corrected chi connectivity index (χ0v) is 11.1. The Morgan fingerprint density at radius 3 is 2.41 bits per heavy atom. The second kappa shape index (κ2) is 6.55. The molecule has 0 aromatic heterocycles. The normalized spacial score (nSPS) is 11.5. The quantitative estimate of drug-likeness (QED) is 0.579. The lowest BCUT2D eigenvalue weighted by Gasteiger charge is -2.25. The third-order valence-corrected chi connectivity index (χ3v) is 3.07. The van der Waals surface area contributed by atoms with Crippen molar-refractivity contribution in [3.8, 4) is 0 Å². The zero-order chi connectivity index (χ0) is 12.7. The molecule has 0 spiro atoms. The molecular formula is C15H23NO. The minimum Gasteiger partial charge on any atom is -0.309 e. The first-order valence-electron chi connectivity index (χ1n) is 6.34. The molecule has 1 N–H and O–H groups in total. The van der Waals surface area contributed by atoms with Gasteiger partial charge in [-0.2, -0.15) is 0 Å². The molecule has 2 heteroatoms. The summed E-state index contributed by atoms with van der Waals surface area (Å²) in [6, 6.07) is 8.82. The number of hydrogen-bond acceptors (Lipinski definition) is 2. The molecule has 17 heavy (non-hydrogen) atoms. The van der Waals surface area contributed by atoms with E-state index in [0.717, 1.165) is 19.3 Å². The van der Waals surface area contributed by atoms with Crippen LogP contribution in [0.2, 0.25) is 0 Å². The van der Waals surface area contributed by atoms with Gasteiger partial charge in [-0.1, -0.05) is 51.5 Å². The minimum absolute atomic E-state index is 0.0632. The van der Waals surface area contributed by atoms with Crippen molar-refractivity contribution < 1.29 is 4.79 Å². The lowest BCUT2D eigenvalue weighted by atomic mass is 9.84. The van der Waals surface area contributed by atoms with Gasteiger partial charge in [0.2, 0.25) is 0 Å². The van der Waals surface area contributed by atoms with Crippen LogP contribution < -0.4 is 5.32 Å². The Morgan fingerprint density at radius 1 is 1.24 bits per heavy atom. The van der Waals surface area contributed by atoms with Gasteiger partial charge in [-0.15, -0.1) is 0 Å². The SMILES string of the molecule is CCCc1ccc(C(C)(C)CNCC=O)cc1. The van der Waals surface area contributed by atoms with E-state index in [4.69, 9.17) is 0 Å². The molecule has 0 saturated carbocycles. The maximum Gasteiger partial charge on any atom is 0.133 e. The van der Waals surface area contributed by atoms with Crippen LogP contribution in [0.15, 0.2) is 24.3 Å². The molecule has 0 aliphatic carbocycles. The van der Waals surface area contributed by atoms with Crippen LogP contribution in [0.5, 0.6) is 0 Å². The molecule has 0 amide bonds. The highest BCUT2D eigenvalue weighted by Gasteiger charge is 2.19. The molecule has 1 rings (SSSR count). The lowest BCUT2D eigenvalue weighted by molar-refractivity contribution is -0.107. The van der Waals surface area contributed by atoms with Gasteiger partial charge < -0.3 is 10.1 Å². The summed E-state index contributed by atoms with van der Waals surface area (Å²) in [5.74, 6) is 0. The Morgan fingerprint density at radius 2 is 1.88 bits per heavy atom. The highest BCUT2D eigenvalue weighted by atomic mass is 16.1. The maximum atomic E-state index is 10.3. The third-order valence-electron chi connectivity index (χ3n) is 3.07. The largest absolute Gasteiger partial charge is 0.309 e. The Hall–Kier alpha value is -1.15. The molecule has 0 aliphatic heterocycles. The molecule has 0 heterocycles. The summed E-state index contributed by atoms with van der Waals surface area (Å²) in [6.45, 7) is 7.83.